The van der Waals surface area contributed by atoms with E-state index < -0.39 is 5.91 Å². The zero-order valence-corrected chi connectivity index (χ0v) is 14.9. The summed E-state index contributed by atoms with van der Waals surface area (Å²) in [5, 5.41) is 12.2. The Kier molecular flexibility index (Phi) is 5.98. The minimum Gasteiger partial charge on any atom is -0.457 e. The van der Waals surface area contributed by atoms with Crippen molar-refractivity contribution < 1.29 is 19.1 Å². The highest BCUT2D eigenvalue weighted by molar-refractivity contribution is 6.19. The van der Waals surface area contributed by atoms with Gasteiger partial charge >= 0.3 is 0 Å². The van der Waals surface area contributed by atoms with Gasteiger partial charge in [-0.3, -0.25) is 15.0 Å². The number of ether oxygens (including phenoxy) is 1. The summed E-state index contributed by atoms with van der Waals surface area (Å²) in [6.45, 7) is 4.25. The third-order valence-electron chi connectivity index (χ3n) is 3.94. The molecule has 0 aliphatic rings. The lowest BCUT2D eigenvalue weighted by molar-refractivity contribution is -0.123. The van der Waals surface area contributed by atoms with Gasteiger partial charge < -0.3 is 10.1 Å². The molecule has 6 nitrogen and oxygen atoms in total. The SMILES string of the molecule is C=C(C(=O)NO)c1cc(NCc2cccnc2)ccc1Oc1ccc(F)cc1. The van der Waals surface area contributed by atoms with E-state index in [0.29, 0.717) is 23.6 Å². The molecule has 1 amide bonds. The first-order valence-electron chi connectivity index (χ1n) is 8.41. The van der Waals surface area contributed by atoms with Crippen molar-refractivity contribution in [2.75, 3.05) is 5.32 Å². The van der Waals surface area contributed by atoms with Crippen LogP contribution in [-0.4, -0.2) is 16.1 Å². The number of carbonyl (C=O) groups excluding carboxylic acids is 1. The van der Waals surface area contributed by atoms with E-state index in [4.69, 9.17) is 9.94 Å². The fourth-order valence-electron chi connectivity index (χ4n) is 2.49. The van der Waals surface area contributed by atoms with Gasteiger partial charge in [-0.05, 0) is 54.1 Å². The van der Waals surface area contributed by atoms with Gasteiger partial charge in [-0.2, -0.15) is 0 Å². The summed E-state index contributed by atoms with van der Waals surface area (Å²) >= 11 is 0. The fourth-order valence-corrected chi connectivity index (χ4v) is 2.49. The average molecular weight is 379 g/mol. The number of halogens is 1. The molecule has 0 saturated heterocycles. The molecule has 7 heteroatoms. The first-order valence-corrected chi connectivity index (χ1v) is 8.41. The highest BCUT2D eigenvalue weighted by atomic mass is 19.1. The number of hydrogen-bond acceptors (Lipinski definition) is 5. The lowest BCUT2D eigenvalue weighted by Crippen LogP contribution is -2.19. The van der Waals surface area contributed by atoms with Crippen LogP contribution in [0.4, 0.5) is 10.1 Å². The monoisotopic (exact) mass is 379 g/mol. The Balaban J connectivity index is 1.86. The van der Waals surface area contributed by atoms with E-state index in [1.54, 1.807) is 36.1 Å². The third-order valence-corrected chi connectivity index (χ3v) is 3.94. The number of nitrogens with zero attached hydrogens (tertiary/aromatic N) is 1. The van der Waals surface area contributed by atoms with Gasteiger partial charge in [0.1, 0.15) is 17.3 Å². The maximum atomic E-state index is 13.1. The number of carbonyl (C=O) groups is 1. The van der Waals surface area contributed by atoms with Gasteiger partial charge in [0.15, 0.2) is 0 Å². The van der Waals surface area contributed by atoms with E-state index in [2.05, 4.69) is 16.9 Å². The molecule has 1 heterocycles. The normalized spacial score (nSPS) is 10.2. The molecule has 0 fully saturated rings. The molecule has 28 heavy (non-hydrogen) atoms. The number of anilines is 1. The van der Waals surface area contributed by atoms with Crippen LogP contribution in [-0.2, 0) is 11.3 Å². The van der Waals surface area contributed by atoms with E-state index in [1.807, 2.05) is 12.1 Å². The number of hydrogen-bond donors (Lipinski definition) is 3. The van der Waals surface area contributed by atoms with Gasteiger partial charge in [0.05, 0.1) is 0 Å². The van der Waals surface area contributed by atoms with Crippen molar-refractivity contribution in [2.45, 2.75) is 6.54 Å². The molecule has 2 aromatic carbocycles. The topological polar surface area (TPSA) is 83.5 Å². The van der Waals surface area contributed by atoms with Crippen molar-refractivity contribution in [3.05, 3.63) is 90.5 Å². The van der Waals surface area contributed by atoms with Crippen LogP contribution in [0.5, 0.6) is 11.5 Å². The number of aromatic nitrogens is 1. The van der Waals surface area contributed by atoms with Crippen LogP contribution in [0.15, 0.2) is 73.6 Å². The molecule has 0 radical (unpaired) electrons. The van der Waals surface area contributed by atoms with Crippen LogP contribution in [0, 0.1) is 5.82 Å². The van der Waals surface area contributed by atoms with E-state index in [9.17, 15) is 9.18 Å². The molecule has 3 aromatic rings. The maximum absolute atomic E-state index is 13.1. The standard InChI is InChI=1S/C21H18FN3O3/c1-14(21(26)25-27)19-11-17(24-13-15-3-2-10-23-12-15)6-9-20(19)28-18-7-4-16(22)5-8-18/h2-12,24,27H,1,13H2,(H,25,26). The fraction of sp³-hybridized carbons (Fsp3) is 0.0476. The van der Waals surface area contributed by atoms with E-state index in [0.717, 1.165) is 11.3 Å². The zero-order valence-electron chi connectivity index (χ0n) is 14.9. The number of rotatable bonds is 7. The summed E-state index contributed by atoms with van der Waals surface area (Å²) in [6.07, 6.45) is 3.44. The lowest BCUT2D eigenvalue weighted by Gasteiger charge is -2.15. The van der Waals surface area contributed by atoms with Gasteiger partial charge in [0.2, 0.25) is 0 Å². The first kappa shape index (κ1) is 19.1. The molecule has 1 aromatic heterocycles. The van der Waals surface area contributed by atoms with Crippen molar-refractivity contribution in [3.8, 4) is 11.5 Å². The number of amides is 1. The first-order chi connectivity index (χ1) is 13.6. The van der Waals surface area contributed by atoms with Crippen LogP contribution < -0.4 is 15.5 Å². The van der Waals surface area contributed by atoms with E-state index in [-0.39, 0.29) is 11.4 Å². The molecule has 142 valence electrons. The minimum atomic E-state index is -0.756. The molecular formula is C21H18FN3O3. The van der Waals surface area contributed by atoms with Crippen LogP contribution in [0.1, 0.15) is 11.1 Å². The number of pyridine rings is 1. The highest BCUT2D eigenvalue weighted by Gasteiger charge is 2.16. The summed E-state index contributed by atoms with van der Waals surface area (Å²) in [6, 6.07) is 14.4. The Labute approximate surface area is 161 Å². The predicted octanol–water partition coefficient (Wildman–Crippen LogP) is 4.14. The molecule has 0 saturated carbocycles. The van der Waals surface area contributed by atoms with Crippen molar-refractivity contribution in [1.29, 1.82) is 0 Å². The van der Waals surface area contributed by atoms with Gasteiger partial charge in [-0.15, -0.1) is 0 Å². The largest absolute Gasteiger partial charge is 0.457 e. The van der Waals surface area contributed by atoms with Crippen LogP contribution >= 0.6 is 0 Å². The molecule has 0 aliphatic heterocycles. The van der Waals surface area contributed by atoms with Crippen molar-refractivity contribution in [2.24, 2.45) is 0 Å². The number of nitrogens with one attached hydrogen (secondary N) is 2. The Morgan fingerprint density at radius 2 is 1.96 bits per heavy atom. The molecule has 3 rings (SSSR count). The summed E-state index contributed by atoms with van der Waals surface area (Å²) in [5.74, 6) is -0.400. The van der Waals surface area contributed by atoms with Crippen molar-refractivity contribution in [3.63, 3.8) is 0 Å². The van der Waals surface area contributed by atoms with Crippen LogP contribution in [0.2, 0.25) is 0 Å². The second-order valence-corrected chi connectivity index (χ2v) is 5.90. The molecule has 0 atom stereocenters. The predicted molar refractivity (Wildman–Crippen MR) is 103 cm³/mol. The maximum Gasteiger partial charge on any atom is 0.274 e. The summed E-state index contributed by atoms with van der Waals surface area (Å²) in [4.78, 5) is 15.9. The minimum absolute atomic E-state index is 0.0182. The summed E-state index contributed by atoms with van der Waals surface area (Å²) in [7, 11) is 0. The third kappa shape index (κ3) is 4.72. The lowest BCUT2D eigenvalue weighted by atomic mass is 10.0. The van der Waals surface area contributed by atoms with Gasteiger partial charge in [0.25, 0.3) is 5.91 Å². The van der Waals surface area contributed by atoms with E-state index in [1.165, 1.54) is 24.3 Å². The van der Waals surface area contributed by atoms with Crippen LogP contribution in [0.3, 0.4) is 0 Å². The molecule has 0 bridgehead atoms. The average Bonchev–Trinajstić information content (AvgIpc) is 2.74. The highest BCUT2D eigenvalue weighted by Crippen LogP contribution is 2.32. The smallest absolute Gasteiger partial charge is 0.274 e. The second kappa shape index (κ2) is 8.79. The van der Waals surface area contributed by atoms with Crippen molar-refractivity contribution >= 4 is 17.2 Å². The zero-order chi connectivity index (χ0) is 19.9. The van der Waals surface area contributed by atoms with Gasteiger partial charge in [0, 0.05) is 35.8 Å². The van der Waals surface area contributed by atoms with E-state index >= 15 is 0 Å². The van der Waals surface area contributed by atoms with Crippen molar-refractivity contribution in [1.82, 2.24) is 10.5 Å². The Hall–Kier alpha value is -3.71. The summed E-state index contributed by atoms with van der Waals surface area (Å²) in [5.41, 5.74) is 3.67. The molecule has 0 spiro atoms. The van der Waals surface area contributed by atoms with Gasteiger partial charge in [-0.1, -0.05) is 12.6 Å². The summed E-state index contributed by atoms with van der Waals surface area (Å²) < 4.78 is 18.9. The quantitative estimate of drug-likeness (QED) is 0.326. The molecule has 3 N–H and O–H groups in total. The molecule has 0 unspecified atom stereocenters. The molecule has 0 aliphatic carbocycles. The number of hydroxylamine groups is 1. The Bertz CT molecular complexity index is 976. The number of benzene rings is 2. The van der Waals surface area contributed by atoms with Crippen LogP contribution in [0.25, 0.3) is 5.57 Å². The Morgan fingerprint density at radius 1 is 1.18 bits per heavy atom. The molecular weight excluding hydrogens is 361 g/mol. The Morgan fingerprint density at radius 3 is 2.64 bits per heavy atom. The second-order valence-electron chi connectivity index (χ2n) is 5.90. The van der Waals surface area contributed by atoms with Gasteiger partial charge in [-0.25, -0.2) is 9.87 Å².